The quantitative estimate of drug-likeness (QED) is 0.282. The Kier molecular flexibility index (Phi) is 11.4. The summed E-state index contributed by atoms with van der Waals surface area (Å²) in [6.45, 7) is 19.4. The van der Waals surface area contributed by atoms with Gasteiger partial charge >= 0.3 is 12.2 Å². The lowest BCUT2D eigenvalue weighted by Gasteiger charge is -2.36. The molecule has 0 aromatic heterocycles. The van der Waals surface area contributed by atoms with E-state index in [9.17, 15) is 19.2 Å². The fourth-order valence-corrected chi connectivity index (χ4v) is 8.01. The molecule has 0 unspecified atom stereocenters. The van der Waals surface area contributed by atoms with Gasteiger partial charge in [-0.25, -0.2) is 9.59 Å². The lowest BCUT2D eigenvalue weighted by atomic mass is 9.94. The molecule has 2 saturated carbocycles. The number of likely N-dealkylation sites (tertiary alicyclic amines) is 2. The minimum absolute atomic E-state index is 0.0519. The van der Waals surface area contributed by atoms with Gasteiger partial charge in [0.2, 0.25) is 11.8 Å². The van der Waals surface area contributed by atoms with Crippen LogP contribution in [0.3, 0.4) is 0 Å². The predicted octanol–water partition coefficient (Wildman–Crippen LogP) is 8.04. The van der Waals surface area contributed by atoms with Crippen molar-refractivity contribution in [3.63, 3.8) is 0 Å². The lowest BCUT2D eigenvalue weighted by Crippen LogP contribution is -2.49. The van der Waals surface area contributed by atoms with E-state index in [1.165, 1.54) is 0 Å². The highest BCUT2D eigenvalue weighted by molar-refractivity contribution is 5.81. The highest BCUT2D eigenvalue weighted by Gasteiger charge is 2.59. The topological polar surface area (TPSA) is 108 Å². The molecule has 1 N–H and O–H groups in total. The van der Waals surface area contributed by atoms with E-state index in [2.05, 4.69) is 43.4 Å². The van der Waals surface area contributed by atoms with E-state index in [4.69, 9.17) is 9.47 Å². The smallest absolute Gasteiger partial charge is 0.410 e. The molecule has 10 nitrogen and oxygen atoms in total. The Morgan fingerprint density at radius 1 is 0.750 bits per heavy atom. The molecular formula is C42H60N4O6. The maximum absolute atomic E-state index is 12.8. The maximum Gasteiger partial charge on any atom is 0.410 e. The molecule has 284 valence electrons. The van der Waals surface area contributed by atoms with Crippen LogP contribution in [0.1, 0.15) is 124 Å². The minimum Gasteiger partial charge on any atom is -0.444 e. The second kappa shape index (κ2) is 15.1. The minimum atomic E-state index is -0.514. The Hall–Kier alpha value is -4.08. The van der Waals surface area contributed by atoms with Crippen LogP contribution in [0.4, 0.5) is 9.59 Å². The number of benzene rings is 2. The van der Waals surface area contributed by atoms with Crippen LogP contribution in [-0.2, 0) is 19.1 Å². The molecule has 4 amide bonds. The largest absolute Gasteiger partial charge is 0.444 e. The van der Waals surface area contributed by atoms with Crippen molar-refractivity contribution < 1.29 is 28.7 Å². The zero-order valence-corrected chi connectivity index (χ0v) is 32.7. The third-order valence-corrected chi connectivity index (χ3v) is 11.1. The number of carbonyl (C=O) groups excluding carboxylic acids is 4. The van der Waals surface area contributed by atoms with Gasteiger partial charge in [0.25, 0.3) is 0 Å². The van der Waals surface area contributed by atoms with Gasteiger partial charge in [0.15, 0.2) is 0 Å². The molecule has 2 aliphatic heterocycles. The van der Waals surface area contributed by atoms with Gasteiger partial charge in [0.1, 0.15) is 11.2 Å². The number of nitrogens with one attached hydrogen (secondary N) is 1. The first kappa shape index (κ1) is 39.1. The van der Waals surface area contributed by atoms with Crippen LogP contribution < -0.4 is 5.32 Å². The molecule has 0 radical (unpaired) electrons. The Morgan fingerprint density at radius 3 is 1.60 bits per heavy atom. The molecule has 2 aromatic rings. The predicted molar refractivity (Wildman–Crippen MR) is 201 cm³/mol. The molecule has 0 spiro atoms. The van der Waals surface area contributed by atoms with Crippen LogP contribution in [0.15, 0.2) is 60.7 Å². The van der Waals surface area contributed by atoms with E-state index >= 15 is 0 Å². The fourth-order valence-electron chi connectivity index (χ4n) is 8.01. The van der Waals surface area contributed by atoms with E-state index in [1.807, 2.05) is 99.6 Å². The van der Waals surface area contributed by atoms with E-state index in [1.54, 1.807) is 0 Å². The van der Waals surface area contributed by atoms with Crippen molar-refractivity contribution in [1.29, 1.82) is 0 Å². The Morgan fingerprint density at radius 2 is 1.19 bits per heavy atom. The van der Waals surface area contributed by atoms with Crippen molar-refractivity contribution in [2.24, 2.45) is 11.8 Å². The summed E-state index contributed by atoms with van der Waals surface area (Å²) in [6, 6.07) is 20.3. The molecule has 4 atom stereocenters. The molecule has 4 aliphatic rings. The number of hydrogen-bond acceptors (Lipinski definition) is 6. The van der Waals surface area contributed by atoms with Crippen molar-refractivity contribution in [1.82, 2.24) is 20.0 Å². The molecule has 2 aliphatic carbocycles. The molecule has 10 heteroatoms. The molecule has 6 rings (SSSR count). The van der Waals surface area contributed by atoms with Crippen molar-refractivity contribution in [3.05, 3.63) is 71.8 Å². The first-order valence-corrected chi connectivity index (χ1v) is 19.1. The number of rotatable bonds is 9. The zero-order chi connectivity index (χ0) is 38.1. The average molecular weight is 717 g/mol. The summed E-state index contributed by atoms with van der Waals surface area (Å²) in [5.41, 5.74) is 0.762. The molecule has 2 aromatic carbocycles. The molecule has 0 bridgehead atoms. The third-order valence-electron chi connectivity index (χ3n) is 11.1. The average Bonchev–Trinajstić information content (AvgIpc) is 3.96. The van der Waals surface area contributed by atoms with Gasteiger partial charge in [-0.1, -0.05) is 60.7 Å². The number of ether oxygens (including phenoxy) is 2. The summed E-state index contributed by atoms with van der Waals surface area (Å²) < 4.78 is 11.0. The van der Waals surface area contributed by atoms with Crippen molar-refractivity contribution in [2.45, 2.75) is 135 Å². The van der Waals surface area contributed by atoms with Gasteiger partial charge in [-0.2, -0.15) is 0 Å². The summed E-state index contributed by atoms with van der Waals surface area (Å²) in [6.07, 6.45) is 4.09. The lowest BCUT2D eigenvalue weighted by molar-refractivity contribution is -0.130. The fraction of sp³-hybridized carbons (Fsp3) is 0.619. The Labute approximate surface area is 310 Å². The second-order valence-electron chi connectivity index (χ2n) is 17.2. The Balaban J connectivity index is 0.000000202. The monoisotopic (exact) mass is 716 g/mol. The molecule has 2 heterocycles. The molecule has 4 fully saturated rings. The van der Waals surface area contributed by atoms with E-state index in [-0.39, 0.29) is 59.0 Å². The second-order valence-corrected chi connectivity index (χ2v) is 17.2. The molecule has 2 saturated heterocycles. The normalized spacial score (nSPS) is 22.9. The number of carbonyl (C=O) groups is 4. The van der Waals surface area contributed by atoms with Crippen LogP contribution in [0, 0.1) is 11.8 Å². The summed E-state index contributed by atoms with van der Waals surface area (Å²) in [5.74, 6) is 0.670. The number of hydrogen-bond donors (Lipinski definition) is 1. The number of alkyl carbamates (subject to hydrolysis) is 1. The first-order valence-electron chi connectivity index (χ1n) is 19.1. The summed E-state index contributed by atoms with van der Waals surface area (Å²) in [7, 11) is 0. The van der Waals surface area contributed by atoms with Crippen LogP contribution in [0.5, 0.6) is 0 Å². The van der Waals surface area contributed by atoms with Gasteiger partial charge in [-0.15, -0.1) is 0 Å². The van der Waals surface area contributed by atoms with Gasteiger partial charge in [-0.3, -0.25) is 9.59 Å². The number of nitrogens with zero attached hydrogens (tertiary/aromatic N) is 3. The van der Waals surface area contributed by atoms with Crippen LogP contribution in [0.2, 0.25) is 0 Å². The maximum atomic E-state index is 12.8. The van der Waals surface area contributed by atoms with Crippen LogP contribution in [0.25, 0.3) is 0 Å². The zero-order valence-electron chi connectivity index (χ0n) is 32.7. The number of amides is 4. The third kappa shape index (κ3) is 9.10. The first-order chi connectivity index (χ1) is 24.4. The highest BCUT2D eigenvalue weighted by Crippen LogP contribution is 2.52. The van der Waals surface area contributed by atoms with Gasteiger partial charge in [-0.05, 0) is 99.1 Å². The van der Waals surface area contributed by atoms with E-state index in [0.717, 1.165) is 36.8 Å². The van der Waals surface area contributed by atoms with Gasteiger partial charge in [0, 0.05) is 49.9 Å². The molecular weight excluding hydrogens is 656 g/mol. The molecule has 52 heavy (non-hydrogen) atoms. The van der Waals surface area contributed by atoms with Crippen molar-refractivity contribution >= 4 is 24.0 Å². The van der Waals surface area contributed by atoms with Crippen LogP contribution in [-0.4, -0.2) is 80.6 Å². The van der Waals surface area contributed by atoms with Gasteiger partial charge < -0.3 is 29.5 Å². The van der Waals surface area contributed by atoms with E-state index < -0.39 is 11.2 Å². The SMILES string of the molecule is CCN(C(=O)OC(C)(C)C)C1([C@@H]2CC(=O)N([C@@H](C)c3ccccc3)C2)CC1.C[C@@H](c1ccccc1)N1C[C@H](C2(NC(=O)OC(C)(C)C)CC2)CC1=O. The van der Waals surface area contributed by atoms with Crippen molar-refractivity contribution in [3.8, 4) is 0 Å². The highest BCUT2D eigenvalue weighted by atomic mass is 16.6. The van der Waals surface area contributed by atoms with Gasteiger partial charge in [0.05, 0.1) is 17.6 Å². The van der Waals surface area contributed by atoms with E-state index in [0.29, 0.717) is 32.5 Å². The summed E-state index contributed by atoms with van der Waals surface area (Å²) in [5, 5.41) is 3.05. The summed E-state index contributed by atoms with van der Waals surface area (Å²) in [4.78, 5) is 56.0. The Bertz CT molecular complexity index is 1570. The van der Waals surface area contributed by atoms with Crippen molar-refractivity contribution in [2.75, 3.05) is 19.6 Å². The van der Waals surface area contributed by atoms with Crippen LogP contribution >= 0.6 is 0 Å². The summed E-state index contributed by atoms with van der Waals surface area (Å²) >= 11 is 0. The standard InChI is InChI=1S/C22H32N2O3.C20H28N2O3/c1-6-24(20(26)27-21(3,4)5)22(12-13-22)18-14-19(25)23(15-18)16(2)17-10-8-7-9-11-17;1-14(15-8-6-5-7-9-15)22-13-16(12-17(22)23)20(10-11-20)21-18(24)25-19(2,3)4/h7-11,16,18H,6,12-15H2,1-5H3;5-9,14,16H,10-13H2,1-4H3,(H,21,24)/t16-,18+;14-,16+/m00/s1.